The van der Waals surface area contributed by atoms with Gasteiger partial charge in [0.25, 0.3) is 5.91 Å². The summed E-state index contributed by atoms with van der Waals surface area (Å²) in [6.07, 6.45) is 3.36. The van der Waals surface area contributed by atoms with Crippen LogP contribution in [-0.4, -0.2) is 76.8 Å². The molecule has 2 aliphatic heterocycles. The molecule has 2 amide bonds. The number of piperazine rings is 1. The summed E-state index contributed by atoms with van der Waals surface area (Å²) in [4.78, 5) is 38.0. The molecule has 214 valence electrons. The van der Waals surface area contributed by atoms with E-state index in [1.54, 1.807) is 0 Å². The molecule has 0 aliphatic carbocycles. The minimum absolute atomic E-state index is 0.0604. The molecule has 6 nitrogen and oxygen atoms in total. The molecule has 0 radical (unpaired) electrons. The molecule has 0 saturated carbocycles. The highest BCUT2D eigenvalue weighted by atomic mass is 16.2. The Hall–Kier alpha value is -4.29. The van der Waals surface area contributed by atoms with Gasteiger partial charge in [0, 0.05) is 68.4 Å². The summed E-state index contributed by atoms with van der Waals surface area (Å²) in [5, 5.41) is 0. The summed E-state index contributed by atoms with van der Waals surface area (Å²) in [7, 11) is 0. The Morgan fingerprint density at radius 1 is 0.643 bits per heavy atom. The molecule has 0 spiro atoms. The highest BCUT2D eigenvalue weighted by Crippen LogP contribution is 2.26. The van der Waals surface area contributed by atoms with Gasteiger partial charge in [-0.2, -0.15) is 0 Å². The second-order valence-electron chi connectivity index (χ2n) is 11.3. The smallest absolute Gasteiger partial charge is 0.254 e. The van der Waals surface area contributed by atoms with Crippen LogP contribution in [0.2, 0.25) is 0 Å². The second kappa shape index (κ2) is 13.1. The molecule has 6 heteroatoms. The molecule has 2 saturated heterocycles. The molecule has 0 unspecified atom stereocenters. The van der Waals surface area contributed by atoms with Crippen molar-refractivity contribution in [3.05, 3.63) is 114 Å². The number of carbonyl (C=O) groups is 2. The van der Waals surface area contributed by atoms with Crippen LogP contribution in [0.1, 0.15) is 35.2 Å². The van der Waals surface area contributed by atoms with Gasteiger partial charge in [0.2, 0.25) is 5.91 Å². The van der Waals surface area contributed by atoms with Crippen LogP contribution in [0.5, 0.6) is 0 Å². The van der Waals surface area contributed by atoms with Gasteiger partial charge in [-0.15, -0.1) is 0 Å². The largest absolute Gasteiger partial charge is 0.343 e. The van der Waals surface area contributed by atoms with Crippen molar-refractivity contribution in [2.45, 2.75) is 31.7 Å². The van der Waals surface area contributed by atoms with Gasteiger partial charge in [0.15, 0.2) is 0 Å². The van der Waals surface area contributed by atoms with Crippen molar-refractivity contribution in [2.24, 2.45) is 0 Å². The third-order valence-electron chi connectivity index (χ3n) is 8.62. The summed E-state index contributed by atoms with van der Waals surface area (Å²) in [5.41, 5.74) is 5.51. The standard InChI is InChI=1S/C36H38N4O2/c41-35(17-16-28-10-4-1-5-11-28)39-20-18-32(19-21-39)38-22-24-40(25-23-38)36(42)31-26-33(29-12-6-2-7-13-29)37-34(27-31)30-14-8-3-9-15-30/h1-15,26-27,32H,16-25H2. The summed E-state index contributed by atoms with van der Waals surface area (Å²) in [6.45, 7) is 4.77. The molecule has 42 heavy (non-hydrogen) atoms. The zero-order valence-corrected chi connectivity index (χ0v) is 24.1. The number of rotatable bonds is 7. The van der Waals surface area contributed by atoms with Crippen LogP contribution in [-0.2, 0) is 11.2 Å². The van der Waals surface area contributed by atoms with E-state index < -0.39 is 0 Å². The topological polar surface area (TPSA) is 56.8 Å². The molecular formula is C36H38N4O2. The average Bonchev–Trinajstić information content (AvgIpc) is 3.08. The number of nitrogens with zero attached hydrogens (tertiary/aromatic N) is 4. The number of hydrogen-bond acceptors (Lipinski definition) is 4. The van der Waals surface area contributed by atoms with Crippen molar-refractivity contribution in [3.63, 3.8) is 0 Å². The third kappa shape index (κ3) is 6.60. The van der Waals surface area contributed by atoms with E-state index in [0.717, 1.165) is 68.0 Å². The van der Waals surface area contributed by atoms with E-state index in [-0.39, 0.29) is 11.8 Å². The summed E-state index contributed by atoms with van der Waals surface area (Å²) >= 11 is 0. The summed E-state index contributed by atoms with van der Waals surface area (Å²) in [6, 6.07) is 34.7. The number of amides is 2. The van der Waals surface area contributed by atoms with E-state index in [1.165, 1.54) is 5.56 Å². The zero-order chi connectivity index (χ0) is 28.7. The van der Waals surface area contributed by atoms with E-state index in [4.69, 9.17) is 4.98 Å². The lowest BCUT2D eigenvalue weighted by atomic mass is 10.0. The van der Waals surface area contributed by atoms with E-state index in [9.17, 15) is 9.59 Å². The number of benzene rings is 3. The van der Waals surface area contributed by atoms with Crippen molar-refractivity contribution < 1.29 is 9.59 Å². The fraction of sp³-hybridized carbons (Fsp3) is 0.306. The minimum atomic E-state index is 0.0604. The average molecular weight is 559 g/mol. The van der Waals surface area contributed by atoms with Crippen LogP contribution in [0.15, 0.2) is 103 Å². The van der Waals surface area contributed by atoms with Crippen molar-refractivity contribution in [2.75, 3.05) is 39.3 Å². The van der Waals surface area contributed by atoms with E-state index >= 15 is 0 Å². The first-order valence-corrected chi connectivity index (χ1v) is 15.1. The molecule has 6 rings (SSSR count). The fourth-order valence-electron chi connectivity index (χ4n) is 6.17. The quantitative estimate of drug-likeness (QED) is 0.288. The first kappa shape index (κ1) is 27.9. The predicted molar refractivity (Wildman–Crippen MR) is 167 cm³/mol. The van der Waals surface area contributed by atoms with Crippen LogP contribution in [0.25, 0.3) is 22.5 Å². The Labute approximate surface area is 248 Å². The second-order valence-corrected chi connectivity index (χ2v) is 11.3. The molecule has 2 aliphatic rings. The van der Waals surface area contributed by atoms with Crippen molar-refractivity contribution in [3.8, 4) is 22.5 Å². The predicted octanol–water partition coefficient (Wildman–Crippen LogP) is 5.80. The fourth-order valence-corrected chi connectivity index (χ4v) is 6.17. The van der Waals surface area contributed by atoms with E-state index in [2.05, 4.69) is 17.0 Å². The van der Waals surface area contributed by atoms with Gasteiger partial charge in [0.1, 0.15) is 0 Å². The number of aryl methyl sites for hydroxylation is 1. The first-order chi connectivity index (χ1) is 20.6. The Morgan fingerprint density at radius 2 is 1.17 bits per heavy atom. The first-order valence-electron chi connectivity index (χ1n) is 15.1. The minimum Gasteiger partial charge on any atom is -0.343 e. The Bertz CT molecular complexity index is 1420. The van der Waals surface area contributed by atoms with Gasteiger partial charge < -0.3 is 9.80 Å². The van der Waals surface area contributed by atoms with Crippen LogP contribution in [0.3, 0.4) is 0 Å². The van der Waals surface area contributed by atoms with Gasteiger partial charge in [-0.25, -0.2) is 4.98 Å². The zero-order valence-electron chi connectivity index (χ0n) is 24.1. The number of likely N-dealkylation sites (tertiary alicyclic amines) is 1. The Balaban J connectivity index is 1.06. The molecule has 4 aromatic rings. The van der Waals surface area contributed by atoms with E-state index in [0.29, 0.717) is 31.1 Å². The van der Waals surface area contributed by atoms with E-state index in [1.807, 2.05) is 101 Å². The number of carbonyl (C=O) groups excluding carboxylic acids is 2. The lowest BCUT2D eigenvalue weighted by molar-refractivity contribution is -0.132. The van der Waals surface area contributed by atoms with Crippen LogP contribution in [0, 0.1) is 0 Å². The van der Waals surface area contributed by atoms with Crippen LogP contribution < -0.4 is 0 Å². The molecule has 0 bridgehead atoms. The normalized spacial score (nSPS) is 16.4. The lowest BCUT2D eigenvalue weighted by Gasteiger charge is -2.42. The molecule has 3 heterocycles. The van der Waals surface area contributed by atoms with Gasteiger partial charge in [0.05, 0.1) is 11.4 Å². The van der Waals surface area contributed by atoms with Crippen LogP contribution >= 0.6 is 0 Å². The number of hydrogen-bond donors (Lipinski definition) is 0. The Morgan fingerprint density at radius 3 is 1.71 bits per heavy atom. The molecule has 3 aromatic carbocycles. The highest BCUT2D eigenvalue weighted by Gasteiger charge is 2.30. The molecule has 2 fully saturated rings. The molecular weight excluding hydrogens is 520 g/mol. The summed E-state index contributed by atoms with van der Waals surface area (Å²) < 4.78 is 0. The highest BCUT2D eigenvalue weighted by molar-refractivity contribution is 5.96. The monoisotopic (exact) mass is 558 g/mol. The lowest BCUT2D eigenvalue weighted by Crippen LogP contribution is -2.54. The maximum Gasteiger partial charge on any atom is 0.254 e. The van der Waals surface area contributed by atoms with Gasteiger partial charge in [-0.1, -0.05) is 91.0 Å². The number of pyridine rings is 1. The summed E-state index contributed by atoms with van der Waals surface area (Å²) in [5.74, 6) is 0.319. The molecule has 0 atom stereocenters. The maximum absolute atomic E-state index is 13.8. The number of piperidine rings is 1. The maximum atomic E-state index is 13.8. The van der Waals surface area contributed by atoms with Crippen LogP contribution in [0.4, 0.5) is 0 Å². The van der Waals surface area contributed by atoms with Crippen molar-refractivity contribution in [1.29, 1.82) is 0 Å². The van der Waals surface area contributed by atoms with Gasteiger partial charge >= 0.3 is 0 Å². The Kier molecular flexibility index (Phi) is 8.71. The SMILES string of the molecule is O=C(CCc1ccccc1)N1CCC(N2CCN(C(=O)c3cc(-c4ccccc4)nc(-c4ccccc4)c3)CC2)CC1. The molecule has 0 N–H and O–H groups in total. The van der Waals surface area contributed by atoms with Crippen molar-refractivity contribution >= 4 is 11.8 Å². The van der Waals surface area contributed by atoms with Gasteiger partial charge in [-0.05, 0) is 37.0 Å². The molecule has 1 aromatic heterocycles. The van der Waals surface area contributed by atoms with Gasteiger partial charge in [-0.3, -0.25) is 14.5 Å². The number of aromatic nitrogens is 1. The third-order valence-corrected chi connectivity index (χ3v) is 8.62. The van der Waals surface area contributed by atoms with Crippen molar-refractivity contribution in [1.82, 2.24) is 19.7 Å².